The lowest BCUT2D eigenvalue weighted by atomic mass is 9.87. The maximum Gasteiger partial charge on any atom is 0.241 e. The van der Waals surface area contributed by atoms with Crippen LogP contribution in [-0.2, 0) is 4.79 Å². The molecular formula is C27H25F2N3O2S. The van der Waals surface area contributed by atoms with Crippen LogP contribution in [0.1, 0.15) is 30.9 Å². The maximum atomic E-state index is 14.5. The number of thiazole rings is 1. The van der Waals surface area contributed by atoms with Gasteiger partial charge in [0.05, 0.1) is 10.6 Å². The lowest BCUT2D eigenvalue weighted by Gasteiger charge is -2.32. The molecule has 1 amide bonds. The van der Waals surface area contributed by atoms with E-state index < -0.39 is 17.6 Å². The molecule has 1 aromatic heterocycles. The van der Waals surface area contributed by atoms with E-state index in [-0.39, 0.29) is 11.4 Å². The Morgan fingerprint density at radius 1 is 0.971 bits per heavy atom. The van der Waals surface area contributed by atoms with Crippen LogP contribution in [0, 0.1) is 11.6 Å². The van der Waals surface area contributed by atoms with Crippen molar-refractivity contribution in [2.45, 2.75) is 19.8 Å². The fourth-order valence-electron chi connectivity index (χ4n) is 4.47. The number of carbonyl (C=O) groups excluding carboxylic acids is 1. The zero-order chi connectivity index (χ0) is 24.5. The molecule has 0 saturated heterocycles. The molecule has 2 heterocycles. The molecule has 0 unspecified atom stereocenters. The lowest BCUT2D eigenvalue weighted by Crippen LogP contribution is -2.42. The number of halogens is 2. The summed E-state index contributed by atoms with van der Waals surface area (Å²) in [6.07, 6.45) is 0. The van der Waals surface area contributed by atoms with E-state index in [1.54, 1.807) is 4.90 Å². The summed E-state index contributed by atoms with van der Waals surface area (Å²) < 4.78 is 34.8. The fourth-order valence-corrected chi connectivity index (χ4v) is 5.51. The Morgan fingerprint density at radius 3 is 2.23 bits per heavy atom. The van der Waals surface area contributed by atoms with Crippen molar-refractivity contribution in [1.29, 1.82) is 0 Å². The monoisotopic (exact) mass is 493 g/mol. The van der Waals surface area contributed by atoms with Gasteiger partial charge in [0.15, 0.2) is 10.9 Å². The number of rotatable bonds is 7. The predicted molar refractivity (Wildman–Crippen MR) is 134 cm³/mol. The minimum absolute atomic E-state index is 0.0693. The second-order valence-corrected chi connectivity index (χ2v) is 9.37. The number of nitrogens with zero attached hydrogens (tertiary/aromatic N) is 3. The predicted octanol–water partition coefficient (Wildman–Crippen LogP) is 6.19. The first kappa shape index (κ1) is 23.4. The third-order valence-electron chi connectivity index (χ3n) is 6.36. The number of hydrogen-bond donors (Lipinski definition) is 0. The molecule has 0 bridgehead atoms. The number of carbonyl (C=O) groups is 1. The van der Waals surface area contributed by atoms with Crippen molar-refractivity contribution < 1.29 is 18.3 Å². The van der Waals surface area contributed by atoms with Crippen molar-refractivity contribution >= 4 is 32.6 Å². The van der Waals surface area contributed by atoms with Crippen molar-refractivity contribution in [1.82, 2.24) is 9.88 Å². The SMILES string of the molecule is CCN(CC)CCN(C(=O)C1c2ccccc2Oc2ccccc21)c1nc2c(F)cc(F)cc2s1. The zero-order valence-corrected chi connectivity index (χ0v) is 20.3. The first-order valence-corrected chi connectivity index (χ1v) is 12.5. The maximum absolute atomic E-state index is 14.5. The Labute approximate surface area is 206 Å². The first-order valence-electron chi connectivity index (χ1n) is 11.6. The molecule has 3 aromatic carbocycles. The lowest BCUT2D eigenvalue weighted by molar-refractivity contribution is -0.119. The molecular weight excluding hydrogens is 468 g/mol. The molecule has 0 N–H and O–H groups in total. The molecule has 0 fully saturated rings. The molecule has 4 aromatic rings. The summed E-state index contributed by atoms with van der Waals surface area (Å²) in [4.78, 5) is 22.6. The van der Waals surface area contributed by atoms with Gasteiger partial charge in [-0.25, -0.2) is 13.8 Å². The van der Waals surface area contributed by atoms with Crippen molar-refractivity contribution in [2.24, 2.45) is 0 Å². The number of benzene rings is 3. The van der Waals surface area contributed by atoms with Crippen LogP contribution in [0.3, 0.4) is 0 Å². The normalized spacial score (nSPS) is 12.9. The van der Waals surface area contributed by atoms with Crippen LogP contribution in [0.2, 0.25) is 0 Å². The van der Waals surface area contributed by atoms with Crippen molar-refractivity contribution in [3.63, 3.8) is 0 Å². The number of ether oxygens (including phenoxy) is 1. The fraction of sp³-hybridized carbons (Fsp3) is 0.259. The van der Waals surface area contributed by atoms with Gasteiger partial charge in [-0.1, -0.05) is 61.6 Å². The smallest absolute Gasteiger partial charge is 0.241 e. The van der Waals surface area contributed by atoms with Gasteiger partial charge >= 0.3 is 0 Å². The van der Waals surface area contributed by atoms with Gasteiger partial charge in [0.1, 0.15) is 22.8 Å². The third-order valence-corrected chi connectivity index (χ3v) is 7.39. The molecule has 35 heavy (non-hydrogen) atoms. The highest BCUT2D eigenvalue weighted by molar-refractivity contribution is 7.22. The van der Waals surface area contributed by atoms with E-state index in [0.29, 0.717) is 34.4 Å². The van der Waals surface area contributed by atoms with E-state index in [9.17, 15) is 13.6 Å². The summed E-state index contributed by atoms with van der Waals surface area (Å²) in [5, 5.41) is 0.350. The van der Waals surface area contributed by atoms with E-state index >= 15 is 0 Å². The Kier molecular flexibility index (Phi) is 6.49. The van der Waals surface area contributed by atoms with Gasteiger partial charge in [0.2, 0.25) is 5.91 Å². The van der Waals surface area contributed by atoms with Crippen molar-refractivity contribution in [3.8, 4) is 11.5 Å². The molecule has 1 aliphatic rings. The van der Waals surface area contributed by atoms with Gasteiger partial charge in [-0.2, -0.15) is 0 Å². The number of likely N-dealkylation sites (N-methyl/N-ethyl adjacent to an activating group) is 1. The Bertz CT molecular complexity index is 1340. The summed E-state index contributed by atoms with van der Waals surface area (Å²) in [6, 6.07) is 17.1. The van der Waals surface area contributed by atoms with Gasteiger partial charge in [0, 0.05) is 30.3 Å². The molecule has 8 heteroatoms. The Hall–Kier alpha value is -3.36. The molecule has 5 rings (SSSR count). The van der Waals surface area contributed by atoms with Crippen LogP contribution in [0.5, 0.6) is 11.5 Å². The summed E-state index contributed by atoms with van der Waals surface area (Å²) in [5.41, 5.74) is 1.60. The minimum atomic E-state index is -0.736. The van der Waals surface area contributed by atoms with E-state index in [2.05, 4.69) is 23.7 Å². The standard InChI is InChI=1S/C27H25F2N3O2S/c1-3-31(4-2)13-14-32(27-30-25-20(29)15-17(28)16-23(25)35-27)26(33)24-18-9-5-7-11-21(18)34-22-12-8-6-10-19(22)24/h5-12,15-16,24H,3-4,13-14H2,1-2H3. The number of amides is 1. The number of hydrogen-bond acceptors (Lipinski definition) is 5. The van der Waals surface area contributed by atoms with Crippen LogP contribution >= 0.6 is 11.3 Å². The number of aromatic nitrogens is 1. The van der Waals surface area contributed by atoms with Gasteiger partial charge in [0.25, 0.3) is 0 Å². The van der Waals surface area contributed by atoms with Crippen molar-refractivity contribution in [2.75, 3.05) is 31.1 Å². The molecule has 0 atom stereocenters. The summed E-state index contributed by atoms with van der Waals surface area (Å²) in [5.74, 6) is -0.933. The average Bonchev–Trinajstić information content (AvgIpc) is 3.29. The van der Waals surface area contributed by atoms with Gasteiger partial charge in [-0.15, -0.1) is 0 Å². The molecule has 0 saturated carbocycles. The van der Waals surface area contributed by atoms with Crippen molar-refractivity contribution in [3.05, 3.63) is 83.4 Å². The van der Waals surface area contributed by atoms with Crippen LogP contribution in [0.15, 0.2) is 60.7 Å². The molecule has 0 spiro atoms. The highest BCUT2D eigenvalue weighted by Crippen LogP contribution is 2.45. The van der Waals surface area contributed by atoms with E-state index in [1.807, 2.05) is 48.5 Å². The van der Waals surface area contributed by atoms with Gasteiger partial charge in [-0.3, -0.25) is 9.69 Å². The summed E-state index contributed by atoms with van der Waals surface area (Å²) in [7, 11) is 0. The average molecular weight is 494 g/mol. The Balaban J connectivity index is 1.61. The summed E-state index contributed by atoms with van der Waals surface area (Å²) in [6.45, 7) is 6.79. The highest BCUT2D eigenvalue weighted by Gasteiger charge is 2.36. The van der Waals surface area contributed by atoms with Gasteiger partial charge in [-0.05, 0) is 31.3 Å². The number of anilines is 1. The van der Waals surface area contributed by atoms with E-state index in [4.69, 9.17) is 4.74 Å². The summed E-state index contributed by atoms with van der Waals surface area (Å²) >= 11 is 1.12. The van der Waals surface area contributed by atoms with E-state index in [0.717, 1.165) is 41.6 Å². The minimum Gasteiger partial charge on any atom is -0.457 e. The topological polar surface area (TPSA) is 45.7 Å². The quantitative estimate of drug-likeness (QED) is 0.308. The molecule has 0 aliphatic carbocycles. The molecule has 180 valence electrons. The molecule has 1 aliphatic heterocycles. The Morgan fingerprint density at radius 2 is 1.60 bits per heavy atom. The highest BCUT2D eigenvalue weighted by atomic mass is 32.1. The largest absolute Gasteiger partial charge is 0.457 e. The second kappa shape index (κ2) is 9.71. The van der Waals surface area contributed by atoms with Gasteiger partial charge < -0.3 is 9.64 Å². The second-order valence-electron chi connectivity index (χ2n) is 8.36. The zero-order valence-electron chi connectivity index (χ0n) is 19.5. The first-order chi connectivity index (χ1) is 17.0. The van der Waals surface area contributed by atoms with Crippen LogP contribution in [-0.4, -0.2) is 42.0 Å². The molecule has 5 nitrogen and oxygen atoms in total. The number of para-hydroxylation sites is 2. The molecule has 0 radical (unpaired) electrons. The third kappa shape index (κ3) is 4.39. The van der Waals surface area contributed by atoms with Crippen LogP contribution in [0.25, 0.3) is 10.2 Å². The number of fused-ring (bicyclic) bond motifs is 3. The van der Waals surface area contributed by atoms with Crippen LogP contribution in [0.4, 0.5) is 13.9 Å². The van der Waals surface area contributed by atoms with E-state index in [1.165, 1.54) is 6.07 Å². The van der Waals surface area contributed by atoms with Crippen LogP contribution < -0.4 is 9.64 Å².